The molecule has 0 bridgehead atoms. The van der Waals surface area contributed by atoms with Gasteiger partial charge in [-0.2, -0.15) is 5.26 Å². The first-order valence-corrected chi connectivity index (χ1v) is 5.76. The largest absolute Gasteiger partial charge is 0.480 e. The minimum absolute atomic E-state index is 0.0296. The minimum atomic E-state index is -1.07. The Morgan fingerprint density at radius 2 is 2.33 bits per heavy atom. The van der Waals surface area contributed by atoms with Gasteiger partial charge in [0.2, 0.25) is 0 Å². The molecule has 6 heteroatoms. The van der Waals surface area contributed by atoms with Crippen molar-refractivity contribution in [2.75, 3.05) is 18.0 Å². The lowest BCUT2D eigenvalue weighted by Gasteiger charge is -2.22. The number of hydrogen-bond acceptors (Lipinski definition) is 3. The monoisotopic (exact) mass is 312 g/mol. The third-order valence-electron chi connectivity index (χ3n) is 2.20. The van der Waals surface area contributed by atoms with Crippen molar-refractivity contribution in [1.29, 1.82) is 5.26 Å². The van der Waals surface area contributed by atoms with Gasteiger partial charge in [0.05, 0.1) is 15.7 Å². The zero-order valence-corrected chi connectivity index (χ0v) is 10.9. The van der Waals surface area contributed by atoms with Crippen molar-refractivity contribution >= 4 is 27.6 Å². The van der Waals surface area contributed by atoms with Gasteiger partial charge in [0.15, 0.2) is 5.82 Å². The number of aliphatic carboxylic acids is 1. The molecule has 0 aliphatic heterocycles. The molecular weight excluding hydrogens is 303 g/mol. The number of carboxylic acids is 1. The molecule has 4 nitrogen and oxygen atoms in total. The van der Waals surface area contributed by atoms with Crippen LogP contribution < -0.4 is 4.90 Å². The lowest BCUT2D eigenvalue weighted by atomic mass is 10.2. The number of rotatable bonds is 5. The van der Waals surface area contributed by atoms with E-state index in [1.165, 1.54) is 23.1 Å². The maximum atomic E-state index is 14.0. The summed E-state index contributed by atoms with van der Waals surface area (Å²) in [4.78, 5) is 12.0. The predicted octanol–water partition coefficient (Wildman–Crippen LogP) is 2.54. The molecule has 0 saturated carbocycles. The molecule has 1 aromatic rings. The first-order valence-electron chi connectivity index (χ1n) is 4.97. The van der Waals surface area contributed by atoms with Crippen LogP contribution in [0.25, 0.3) is 0 Å². The Bertz CT molecular complexity index is 526. The smallest absolute Gasteiger partial charge is 0.323 e. The predicted molar refractivity (Wildman–Crippen MR) is 68.9 cm³/mol. The normalized spacial score (nSPS) is 9.61. The lowest BCUT2D eigenvalue weighted by molar-refractivity contribution is -0.135. The van der Waals surface area contributed by atoms with Crippen LogP contribution in [0.15, 0.2) is 29.3 Å². The average molecular weight is 313 g/mol. The highest BCUT2D eigenvalue weighted by Gasteiger charge is 2.17. The zero-order valence-electron chi connectivity index (χ0n) is 9.36. The number of carboxylic acid groups (broad SMARTS) is 1. The van der Waals surface area contributed by atoms with Crippen LogP contribution in [0, 0.1) is 17.1 Å². The van der Waals surface area contributed by atoms with Crippen molar-refractivity contribution in [3.63, 3.8) is 0 Å². The first kappa shape index (κ1) is 14.2. The van der Waals surface area contributed by atoms with Crippen molar-refractivity contribution in [3.05, 3.63) is 40.6 Å². The van der Waals surface area contributed by atoms with E-state index in [0.29, 0.717) is 0 Å². The fraction of sp³-hybridized carbons (Fsp3) is 0.167. The third kappa shape index (κ3) is 3.08. The molecular formula is C12H10BrFN2O2. The number of nitrogens with zero attached hydrogens (tertiary/aromatic N) is 2. The number of anilines is 1. The van der Waals surface area contributed by atoms with E-state index < -0.39 is 11.8 Å². The molecule has 0 aliphatic rings. The van der Waals surface area contributed by atoms with Gasteiger partial charge in [0.1, 0.15) is 12.6 Å². The van der Waals surface area contributed by atoms with E-state index >= 15 is 0 Å². The Kier molecular flexibility index (Phi) is 4.86. The third-order valence-corrected chi connectivity index (χ3v) is 2.97. The fourth-order valence-electron chi connectivity index (χ4n) is 1.44. The van der Waals surface area contributed by atoms with E-state index in [0.717, 1.165) is 0 Å². The van der Waals surface area contributed by atoms with Gasteiger partial charge in [0.25, 0.3) is 0 Å². The van der Waals surface area contributed by atoms with Crippen LogP contribution >= 0.6 is 15.9 Å². The standard InChI is InChI=1S/C12H10BrFN2O2/c1-2-5-16(7-10(17)18)9-4-3-8(6-15)11(13)12(9)14/h2-4H,1,5,7H2,(H,17,18). The highest BCUT2D eigenvalue weighted by Crippen LogP contribution is 2.29. The van der Waals surface area contributed by atoms with Crippen LogP contribution in [0.4, 0.5) is 10.1 Å². The Morgan fingerprint density at radius 1 is 1.67 bits per heavy atom. The SMILES string of the molecule is C=CCN(CC(=O)O)c1ccc(C#N)c(Br)c1F. The number of halogens is 2. The quantitative estimate of drug-likeness (QED) is 0.849. The van der Waals surface area contributed by atoms with Crippen LogP contribution in [0.1, 0.15) is 5.56 Å². The van der Waals surface area contributed by atoms with Crippen molar-refractivity contribution in [2.45, 2.75) is 0 Å². The number of benzene rings is 1. The van der Waals surface area contributed by atoms with Crippen LogP contribution in [-0.4, -0.2) is 24.2 Å². The van der Waals surface area contributed by atoms with E-state index in [1.807, 2.05) is 6.07 Å². The average Bonchev–Trinajstić information content (AvgIpc) is 2.31. The highest BCUT2D eigenvalue weighted by molar-refractivity contribution is 9.10. The van der Waals surface area contributed by atoms with Gasteiger partial charge in [-0.3, -0.25) is 4.79 Å². The van der Waals surface area contributed by atoms with Gasteiger partial charge < -0.3 is 10.0 Å². The van der Waals surface area contributed by atoms with E-state index in [-0.39, 0.29) is 28.8 Å². The first-order chi connectivity index (χ1) is 8.51. The molecule has 0 spiro atoms. The van der Waals surface area contributed by atoms with Crippen LogP contribution in [0.5, 0.6) is 0 Å². The molecule has 1 N–H and O–H groups in total. The summed E-state index contributed by atoms with van der Waals surface area (Å²) in [5.41, 5.74) is 0.272. The van der Waals surface area contributed by atoms with Gasteiger partial charge in [-0.1, -0.05) is 6.08 Å². The molecule has 0 aromatic heterocycles. The molecule has 0 radical (unpaired) electrons. The van der Waals surface area contributed by atoms with Crippen molar-refractivity contribution in [1.82, 2.24) is 0 Å². The molecule has 1 aromatic carbocycles. The molecule has 0 atom stereocenters. The van der Waals surface area contributed by atoms with E-state index in [2.05, 4.69) is 22.5 Å². The topological polar surface area (TPSA) is 64.3 Å². The van der Waals surface area contributed by atoms with Crippen LogP contribution in [-0.2, 0) is 4.79 Å². The summed E-state index contributed by atoms with van der Waals surface area (Å²) >= 11 is 2.98. The summed E-state index contributed by atoms with van der Waals surface area (Å²) in [7, 11) is 0. The molecule has 0 fully saturated rings. The number of hydrogen-bond donors (Lipinski definition) is 1. The number of carbonyl (C=O) groups is 1. The van der Waals surface area contributed by atoms with Crippen molar-refractivity contribution < 1.29 is 14.3 Å². The van der Waals surface area contributed by atoms with Crippen LogP contribution in [0.2, 0.25) is 0 Å². The molecule has 0 aliphatic carbocycles. The molecule has 0 amide bonds. The number of nitriles is 1. The van der Waals surface area contributed by atoms with Crippen molar-refractivity contribution in [3.8, 4) is 6.07 Å². The molecule has 0 saturated heterocycles. The minimum Gasteiger partial charge on any atom is -0.480 e. The Hall–Kier alpha value is -1.87. The summed E-state index contributed by atoms with van der Waals surface area (Å²) in [6, 6.07) is 4.64. The second-order valence-corrected chi connectivity index (χ2v) is 4.23. The molecule has 1 rings (SSSR count). The second kappa shape index (κ2) is 6.17. The van der Waals surface area contributed by atoms with E-state index in [1.54, 1.807) is 0 Å². The van der Waals surface area contributed by atoms with Gasteiger partial charge in [-0.05, 0) is 28.1 Å². The fourth-order valence-corrected chi connectivity index (χ4v) is 1.86. The van der Waals surface area contributed by atoms with E-state index in [9.17, 15) is 9.18 Å². The van der Waals surface area contributed by atoms with Gasteiger partial charge in [-0.15, -0.1) is 6.58 Å². The molecule has 18 heavy (non-hydrogen) atoms. The Balaban J connectivity index is 3.21. The Morgan fingerprint density at radius 3 is 2.83 bits per heavy atom. The maximum Gasteiger partial charge on any atom is 0.323 e. The highest BCUT2D eigenvalue weighted by atomic mass is 79.9. The molecule has 94 valence electrons. The van der Waals surface area contributed by atoms with Crippen molar-refractivity contribution in [2.24, 2.45) is 0 Å². The van der Waals surface area contributed by atoms with Gasteiger partial charge in [-0.25, -0.2) is 4.39 Å². The van der Waals surface area contributed by atoms with Crippen LogP contribution in [0.3, 0.4) is 0 Å². The molecule has 0 unspecified atom stereocenters. The zero-order chi connectivity index (χ0) is 13.7. The summed E-state index contributed by atoms with van der Waals surface area (Å²) < 4.78 is 14.0. The molecule has 0 heterocycles. The maximum absolute atomic E-state index is 14.0. The summed E-state index contributed by atoms with van der Waals surface area (Å²) in [6.07, 6.45) is 1.48. The summed E-state index contributed by atoms with van der Waals surface area (Å²) in [6.45, 7) is 3.35. The van der Waals surface area contributed by atoms with E-state index in [4.69, 9.17) is 10.4 Å². The second-order valence-electron chi connectivity index (χ2n) is 3.43. The summed E-state index contributed by atoms with van der Waals surface area (Å²) in [5, 5.41) is 17.5. The van der Waals surface area contributed by atoms with Gasteiger partial charge in [0, 0.05) is 6.54 Å². The summed E-state index contributed by atoms with van der Waals surface area (Å²) in [5.74, 6) is -1.73. The van der Waals surface area contributed by atoms with Gasteiger partial charge >= 0.3 is 5.97 Å². The Labute approximate surface area is 112 Å². The lowest BCUT2D eigenvalue weighted by Crippen LogP contribution is -2.30.